The summed E-state index contributed by atoms with van der Waals surface area (Å²) in [5, 5.41) is 14.0. The number of carbonyl (C=O) groups is 1. The Balaban J connectivity index is 1.98. The smallest absolute Gasteiger partial charge is 0.340 e. The van der Waals surface area contributed by atoms with Gasteiger partial charge in [0.1, 0.15) is 11.9 Å². The monoisotopic (exact) mass is 397 g/mol. The summed E-state index contributed by atoms with van der Waals surface area (Å²) in [6.07, 6.45) is 0. The molecule has 0 bridgehead atoms. The van der Waals surface area contributed by atoms with Crippen molar-refractivity contribution in [2.45, 2.75) is 20.4 Å². The number of aromatic nitrogens is 2. The molecule has 1 aromatic heterocycles. The van der Waals surface area contributed by atoms with Crippen molar-refractivity contribution in [1.82, 2.24) is 9.78 Å². The molecule has 0 aliphatic carbocycles. The van der Waals surface area contributed by atoms with Crippen LogP contribution in [0.15, 0.2) is 36.4 Å². The van der Waals surface area contributed by atoms with E-state index in [1.165, 1.54) is 19.2 Å². The molecular weight excluding hydrogens is 381 g/mol. The Labute approximate surface area is 166 Å². The van der Waals surface area contributed by atoms with Crippen molar-refractivity contribution in [3.05, 3.63) is 75.3 Å². The molecule has 142 valence electrons. The summed E-state index contributed by atoms with van der Waals surface area (Å²) in [7, 11) is 1.21. The van der Waals surface area contributed by atoms with Crippen molar-refractivity contribution in [1.29, 1.82) is 5.26 Å². The Morgan fingerprint density at radius 2 is 2.04 bits per heavy atom. The van der Waals surface area contributed by atoms with Crippen LogP contribution in [0.3, 0.4) is 0 Å². The van der Waals surface area contributed by atoms with Crippen LogP contribution in [-0.2, 0) is 11.3 Å². The van der Waals surface area contributed by atoms with Crippen LogP contribution in [0.2, 0.25) is 5.02 Å². The number of halogens is 2. The lowest BCUT2D eigenvalue weighted by Gasteiger charge is -2.08. The number of nitriles is 1. The molecule has 0 N–H and O–H groups in total. The first kappa shape index (κ1) is 19.6. The lowest BCUT2D eigenvalue weighted by Crippen LogP contribution is -2.08. The summed E-state index contributed by atoms with van der Waals surface area (Å²) >= 11 is 6.17. The number of carbonyl (C=O) groups excluding carboxylic acids is 1. The molecule has 5 nitrogen and oxygen atoms in total. The number of hydrogen-bond acceptors (Lipinski definition) is 4. The molecule has 1 heterocycles. The average molecular weight is 398 g/mol. The van der Waals surface area contributed by atoms with Gasteiger partial charge in [0.05, 0.1) is 35.5 Å². The quantitative estimate of drug-likeness (QED) is 0.600. The van der Waals surface area contributed by atoms with Crippen LogP contribution in [0, 0.1) is 31.0 Å². The summed E-state index contributed by atoms with van der Waals surface area (Å²) in [5.41, 5.74) is 4.49. The standard InChI is InChI=1S/C21H17ClFN3O2/c1-12-20(15-5-6-16(10-24)18(22)9-15)13(2)26(25-12)11-14-4-7-19(23)17(8-14)21(27)28-3/h4-9H,11H2,1-3H3. The topological polar surface area (TPSA) is 67.9 Å². The molecule has 0 spiro atoms. The Morgan fingerprint density at radius 3 is 2.68 bits per heavy atom. The van der Waals surface area contributed by atoms with Crippen molar-refractivity contribution in [2.75, 3.05) is 7.11 Å². The largest absolute Gasteiger partial charge is 0.465 e. The molecule has 0 amide bonds. The third-order valence-corrected chi connectivity index (χ3v) is 4.84. The van der Waals surface area contributed by atoms with Gasteiger partial charge >= 0.3 is 5.97 Å². The SMILES string of the molecule is COC(=O)c1cc(Cn2nc(C)c(-c3ccc(C#N)c(Cl)c3)c2C)ccc1F. The van der Waals surface area contributed by atoms with Gasteiger partial charge < -0.3 is 4.74 Å². The predicted octanol–water partition coefficient (Wildman–Crippen LogP) is 4.67. The first-order valence-corrected chi connectivity index (χ1v) is 8.84. The van der Waals surface area contributed by atoms with Gasteiger partial charge in [0.25, 0.3) is 0 Å². The van der Waals surface area contributed by atoms with Crippen LogP contribution in [-0.4, -0.2) is 22.9 Å². The van der Waals surface area contributed by atoms with Crippen molar-refractivity contribution < 1.29 is 13.9 Å². The van der Waals surface area contributed by atoms with Gasteiger partial charge in [0.15, 0.2) is 0 Å². The number of ether oxygens (including phenoxy) is 1. The fourth-order valence-electron chi connectivity index (χ4n) is 3.14. The maximum atomic E-state index is 13.9. The van der Waals surface area contributed by atoms with Crippen molar-refractivity contribution in [2.24, 2.45) is 0 Å². The van der Waals surface area contributed by atoms with Crippen molar-refractivity contribution >= 4 is 17.6 Å². The van der Waals surface area contributed by atoms with Gasteiger partial charge in [-0.25, -0.2) is 9.18 Å². The molecular formula is C21H17ClFN3O2. The zero-order valence-electron chi connectivity index (χ0n) is 15.6. The molecule has 0 atom stereocenters. The molecule has 0 saturated heterocycles. The molecule has 0 radical (unpaired) electrons. The van der Waals surface area contributed by atoms with Crippen LogP contribution in [0.1, 0.15) is 32.9 Å². The second-order valence-corrected chi connectivity index (χ2v) is 6.72. The lowest BCUT2D eigenvalue weighted by molar-refractivity contribution is 0.0595. The number of benzene rings is 2. The lowest BCUT2D eigenvalue weighted by atomic mass is 10.0. The fourth-order valence-corrected chi connectivity index (χ4v) is 3.36. The molecule has 3 aromatic rings. The molecule has 0 fully saturated rings. The first-order chi connectivity index (χ1) is 13.3. The van der Waals surface area contributed by atoms with E-state index in [9.17, 15) is 9.18 Å². The van der Waals surface area contributed by atoms with Crippen molar-refractivity contribution in [3.8, 4) is 17.2 Å². The van der Waals surface area contributed by atoms with E-state index >= 15 is 0 Å². The number of aryl methyl sites for hydroxylation is 1. The minimum atomic E-state index is -0.722. The van der Waals surface area contributed by atoms with Crippen LogP contribution in [0.4, 0.5) is 4.39 Å². The third-order valence-electron chi connectivity index (χ3n) is 4.53. The van der Waals surface area contributed by atoms with E-state index in [0.29, 0.717) is 17.1 Å². The highest BCUT2D eigenvalue weighted by Crippen LogP contribution is 2.30. The molecule has 7 heteroatoms. The maximum Gasteiger partial charge on any atom is 0.340 e. The number of hydrogen-bond donors (Lipinski definition) is 0. The van der Waals surface area contributed by atoms with Gasteiger partial charge in [-0.2, -0.15) is 10.4 Å². The van der Waals surface area contributed by atoms with E-state index in [4.69, 9.17) is 16.9 Å². The Kier molecular flexibility index (Phi) is 5.48. The Bertz CT molecular complexity index is 1120. The Hall–Kier alpha value is -3.17. The van der Waals surface area contributed by atoms with Gasteiger partial charge in [-0.3, -0.25) is 4.68 Å². The van der Waals surface area contributed by atoms with Gasteiger partial charge in [0.2, 0.25) is 0 Å². The molecule has 0 aliphatic rings. The summed E-state index contributed by atoms with van der Waals surface area (Å²) in [5.74, 6) is -1.35. The molecule has 0 saturated carbocycles. The van der Waals surface area contributed by atoms with Gasteiger partial charge in [-0.1, -0.05) is 23.7 Å². The zero-order chi connectivity index (χ0) is 20.4. The second-order valence-electron chi connectivity index (χ2n) is 6.32. The maximum absolute atomic E-state index is 13.9. The number of methoxy groups -OCH3 is 1. The average Bonchev–Trinajstić information content (AvgIpc) is 2.95. The highest BCUT2D eigenvalue weighted by Gasteiger charge is 2.17. The predicted molar refractivity (Wildman–Crippen MR) is 104 cm³/mol. The first-order valence-electron chi connectivity index (χ1n) is 8.46. The van der Waals surface area contributed by atoms with E-state index in [0.717, 1.165) is 28.1 Å². The van der Waals surface area contributed by atoms with E-state index in [-0.39, 0.29) is 5.56 Å². The van der Waals surface area contributed by atoms with E-state index in [1.807, 2.05) is 26.0 Å². The van der Waals surface area contributed by atoms with Gasteiger partial charge in [0, 0.05) is 11.3 Å². The van der Waals surface area contributed by atoms with Crippen molar-refractivity contribution in [3.63, 3.8) is 0 Å². The van der Waals surface area contributed by atoms with Crippen LogP contribution >= 0.6 is 11.6 Å². The summed E-state index contributed by atoms with van der Waals surface area (Å²) in [4.78, 5) is 11.7. The highest BCUT2D eigenvalue weighted by atomic mass is 35.5. The molecule has 3 rings (SSSR count). The summed E-state index contributed by atoms with van der Waals surface area (Å²) < 4.78 is 20.3. The van der Waals surface area contributed by atoms with Gasteiger partial charge in [-0.15, -0.1) is 0 Å². The summed E-state index contributed by atoms with van der Waals surface area (Å²) in [6.45, 7) is 4.17. The zero-order valence-corrected chi connectivity index (χ0v) is 16.3. The van der Waals surface area contributed by atoms with Crippen LogP contribution < -0.4 is 0 Å². The number of rotatable bonds is 4. The number of esters is 1. The number of nitrogens with zero attached hydrogens (tertiary/aromatic N) is 3. The minimum Gasteiger partial charge on any atom is -0.465 e. The summed E-state index contributed by atoms with van der Waals surface area (Å²) in [6, 6.07) is 11.6. The molecule has 0 unspecified atom stereocenters. The van der Waals surface area contributed by atoms with Crippen LogP contribution in [0.25, 0.3) is 11.1 Å². The molecule has 28 heavy (non-hydrogen) atoms. The van der Waals surface area contributed by atoms with E-state index in [2.05, 4.69) is 9.84 Å². The normalized spacial score (nSPS) is 10.6. The third kappa shape index (κ3) is 3.62. The fraction of sp³-hybridized carbons (Fsp3) is 0.190. The minimum absolute atomic E-state index is 0.111. The van der Waals surface area contributed by atoms with Crippen LogP contribution in [0.5, 0.6) is 0 Å². The van der Waals surface area contributed by atoms with E-state index < -0.39 is 11.8 Å². The van der Waals surface area contributed by atoms with E-state index in [1.54, 1.807) is 22.9 Å². The Morgan fingerprint density at radius 1 is 1.29 bits per heavy atom. The highest BCUT2D eigenvalue weighted by molar-refractivity contribution is 6.32. The second kappa shape index (κ2) is 7.83. The van der Waals surface area contributed by atoms with Gasteiger partial charge in [-0.05, 0) is 49.2 Å². The molecule has 2 aromatic carbocycles. The molecule has 0 aliphatic heterocycles.